The Kier molecular flexibility index (Phi) is 3.85. The van der Waals surface area contributed by atoms with Crippen LogP contribution in [0.3, 0.4) is 0 Å². The second-order valence-corrected chi connectivity index (χ2v) is 5.20. The fourth-order valence-electron chi connectivity index (χ4n) is 1.99. The lowest BCUT2D eigenvalue weighted by molar-refractivity contribution is 1.09. The predicted octanol–water partition coefficient (Wildman–Crippen LogP) is 3.20. The van der Waals surface area contributed by atoms with E-state index in [2.05, 4.69) is 20.9 Å². The van der Waals surface area contributed by atoms with Gasteiger partial charge in [0.1, 0.15) is 11.7 Å². The number of amidine groups is 1. The Bertz CT molecular complexity index is 625. The summed E-state index contributed by atoms with van der Waals surface area (Å²) < 4.78 is 0.946. The summed E-state index contributed by atoms with van der Waals surface area (Å²) >= 11 is 3.40. The lowest BCUT2D eigenvalue weighted by atomic mass is 10.1. The summed E-state index contributed by atoms with van der Waals surface area (Å²) in [4.78, 5) is 6.37. The fraction of sp³-hybridized carbons (Fsp3) is 0.143. The highest BCUT2D eigenvalue weighted by Gasteiger charge is 2.13. The van der Waals surface area contributed by atoms with E-state index in [1.54, 1.807) is 6.20 Å². The van der Waals surface area contributed by atoms with E-state index in [9.17, 15) is 0 Å². The zero-order valence-electron chi connectivity index (χ0n) is 10.8. The first-order chi connectivity index (χ1) is 9.00. The number of anilines is 2. The molecule has 1 heterocycles. The number of nitrogens with one attached hydrogen (secondary N) is 1. The molecular formula is C14H15BrN4. The topological polar surface area (TPSA) is 66.0 Å². The molecule has 0 bridgehead atoms. The van der Waals surface area contributed by atoms with Crippen LogP contribution >= 0.6 is 15.9 Å². The van der Waals surface area contributed by atoms with Gasteiger partial charge >= 0.3 is 0 Å². The Morgan fingerprint density at radius 2 is 2.05 bits per heavy atom. The van der Waals surface area contributed by atoms with Crippen molar-refractivity contribution in [2.75, 3.05) is 11.9 Å². The van der Waals surface area contributed by atoms with Gasteiger partial charge in [0.2, 0.25) is 0 Å². The van der Waals surface area contributed by atoms with Crippen LogP contribution in [0, 0.1) is 12.3 Å². The van der Waals surface area contributed by atoms with Gasteiger partial charge in [-0.05, 0) is 46.6 Å². The molecule has 0 saturated carbocycles. The zero-order chi connectivity index (χ0) is 14.0. The lowest BCUT2D eigenvalue weighted by Gasteiger charge is -2.22. The van der Waals surface area contributed by atoms with Crippen LogP contribution in [0.5, 0.6) is 0 Å². The van der Waals surface area contributed by atoms with Gasteiger partial charge in [0, 0.05) is 23.3 Å². The monoisotopic (exact) mass is 318 g/mol. The van der Waals surface area contributed by atoms with Gasteiger partial charge in [-0.15, -0.1) is 0 Å². The minimum Gasteiger partial charge on any atom is -0.384 e. The third-order valence-electron chi connectivity index (χ3n) is 2.89. The Morgan fingerprint density at radius 1 is 1.37 bits per heavy atom. The van der Waals surface area contributed by atoms with Gasteiger partial charge in [-0.3, -0.25) is 5.41 Å². The molecule has 0 radical (unpaired) electrons. The number of para-hydroxylation sites is 1. The average Bonchev–Trinajstić information content (AvgIpc) is 2.38. The van der Waals surface area contributed by atoms with Crippen molar-refractivity contribution >= 4 is 33.3 Å². The molecular weight excluding hydrogens is 304 g/mol. The van der Waals surface area contributed by atoms with Gasteiger partial charge in [0.05, 0.1) is 5.69 Å². The highest BCUT2D eigenvalue weighted by molar-refractivity contribution is 9.10. The molecule has 19 heavy (non-hydrogen) atoms. The first-order valence-electron chi connectivity index (χ1n) is 5.80. The van der Waals surface area contributed by atoms with Crippen molar-refractivity contribution in [1.82, 2.24) is 4.98 Å². The number of nitrogens with two attached hydrogens (primary N) is 1. The minimum atomic E-state index is 0.0530. The number of hydrogen-bond donors (Lipinski definition) is 2. The molecule has 0 amide bonds. The standard InChI is InChI=1S/C14H15BrN4/c1-9-7-10(15)8-18-14(9)19(2)12-6-4-3-5-11(12)13(16)17/h3-8H,1-2H3,(H3,16,17). The average molecular weight is 319 g/mol. The molecule has 0 aliphatic rings. The molecule has 0 spiro atoms. The van der Waals surface area contributed by atoms with Crippen molar-refractivity contribution in [3.8, 4) is 0 Å². The fourth-order valence-corrected chi connectivity index (χ4v) is 2.44. The van der Waals surface area contributed by atoms with Gasteiger partial charge < -0.3 is 10.6 Å². The zero-order valence-corrected chi connectivity index (χ0v) is 12.4. The molecule has 5 heteroatoms. The quantitative estimate of drug-likeness (QED) is 0.674. The number of rotatable bonds is 3. The molecule has 2 rings (SSSR count). The van der Waals surface area contributed by atoms with E-state index in [-0.39, 0.29) is 5.84 Å². The summed E-state index contributed by atoms with van der Waals surface area (Å²) in [5.41, 5.74) is 8.24. The first kappa shape index (κ1) is 13.5. The summed E-state index contributed by atoms with van der Waals surface area (Å²) in [7, 11) is 1.92. The van der Waals surface area contributed by atoms with E-state index < -0.39 is 0 Å². The van der Waals surface area contributed by atoms with Crippen LogP contribution in [0.2, 0.25) is 0 Å². The Hall–Kier alpha value is -1.88. The normalized spacial score (nSPS) is 10.3. The minimum absolute atomic E-state index is 0.0530. The molecule has 4 nitrogen and oxygen atoms in total. The third kappa shape index (κ3) is 2.76. The molecule has 98 valence electrons. The molecule has 0 atom stereocenters. The van der Waals surface area contributed by atoms with E-state index >= 15 is 0 Å². The molecule has 1 aromatic carbocycles. The van der Waals surface area contributed by atoms with Gasteiger partial charge in [0.25, 0.3) is 0 Å². The van der Waals surface area contributed by atoms with Gasteiger partial charge in [-0.2, -0.15) is 0 Å². The molecule has 3 N–H and O–H groups in total. The summed E-state index contributed by atoms with van der Waals surface area (Å²) in [6, 6.07) is 9.57. The summed E-state index contributed by atoms with van der Waals surface area (Å²) in [6.07, 6.45) is 1.76. The smallest absolute Gasteiger partial charge is 0.135 e. The van der Waals surface area contributed by atoms with Crippen LogP contribution < -0.4 is 10.6 Å². The number of pyridine rings is 1. The number of nitrogen functional groups attached to an aromatic ring is 1. The maximum atomic E-state index is 7.64. The van der Waals surface area contributed by atoms with Crippen LogP contribution in [-0.2, 0) is 0 Å². The van der Waals surface area contributed by atoms with E-state index in [4.69, 9.17) is 11.1 Å². The Labute approximate surface area is 120 Å². The van der Waals surface area contributed by atoms with Gasteiger partial charge in [-0.25, -0.2) is 4.98 Å². The van der Waals surface area contributed by atoms with Crippen LogP contribution in [0.4, 0.5) is 11.5 Å². The van der Waals surface area contributed by atoms with E-state index in [1.165, 1.54) is 0 Å². The van der Waals surface area contributed by atoms with Crippen LogP contribution in [0.15, 0.2) is 41.0 Å². The van der Waals surface area contributed by atoms with Crippen LogP contribution in [0.25, 0.3) is 0 Å². The first-order valence-corrected chi connectivity index (χ1v) is 6.59. The Balaban J connectivity index is 2.50. The molecule has 0 fully saturated rings. The van der Waals surface area contributed by atoms with Crippen molar-refractivity contribution in [3.63, 3.8) is 0 Å². The number of halogens is 1. The molecule has 0 aliphatic heterocycles. The van der Waals surface area contributed by atoms with E-state index in [1.807, 2.05) is 49.2 Å². The van der Waals surface area contributed by atoms with Crippen LogP contribution in [-0.4, -0.2) is 17.9 Å². The molecule has 0 aliphatic carbocycles. The second kappa shape index (κ2) is 5.40. The summed E-state index contributed by atoms with van der Waals surface area (Å²) in [5, 5.41) is 7.64. The lowest BCUT2D eigenvalue weighted by Crippen LogP contribution is -2.19. The predicted molar refractivity (Wildman–Crippen MR) is 82.2 cm³/mol. The number of aromatic nitrogens is 1. The van der Waals surface area contributed by atoms with E-state index in [0.717, 1.165) is 21.5 Å². The molecule has 0 unspecified atom stereocenters. The van der Waals surface area contributed by atoms with Crippen molar-refractivity contribution in [3.05, 3.63) is 52.1 Å². The maximum absolute atomic E-state index is 7.64. The van der Waals surface area contributed by atoms with Crippen molar-refractivity contribution < 1.29 is 0 Å². The highest BCUT2D eigenvalue weighted by atomic mass is 79.9. The van der Waals surface area contributed by atoms with E-state index in [0.29, 0.717) is 5.56 Å². The largest absolute Gasteiger partial charge is 0.384 e. The third-order valence-corrected chi connectivity index (χ3v) is 3.32. The number of aryl methyl sites for hydroxylation is 1. The molecule has 2 aromatic rings. The van der Waals surface area contributed by atoms with Crippen molar-refractivity contribution in [2.45, 2.75) is 6.92 Å². The van der Waals surface area contributed by atoms with Crippen molar-refractivity contribution in [1.29, 1.82) is 5.41 Å². The van der Waals surface area contributed by atoms with Crippen LogP contribution in [0.1, 0.15) is 11.1 Å². The highest BCUT2D eigenvalue weighted by Crippen LogP contribution is 2.28. The van der Waals surface area contributed by atoms with Crippen molar-refractivity contribution in [2.24, 2.45) is 5.73 Å². The number of benzene rings is 1. The van der Waals surface area contributed by atoms with Gasteiger partial charge in [-0.1, -0.05) is 12.1 Å². The van der Waals surface area contributed by atoms with Gasteiger partial charge in [0.15, 0.2) is 0 Å². The second-order valence-electron chi connectivity index (χ2n) is 4.28. The molecule has 1 aromatic heterocycles. The summed E-state index contributed by atoms with van der Waals surface area (Å²) in [5.74, 6) is 0.897. The number of hydrogen-bond acceptors (Lipinski definition) is 3. The maximum Gasteiger partial charge on any atom is 0.135 e. The summed E-state index contributed by atoms with van der Waals surface area (Å²) in [6.45, 7) is 2.00. The number of nitrogens with zero attached hydrogens (tertiary/aromatic N) is 2. The molecule has 0 saturated heterocycles. The SMILES string of the molecule is Cc1cc(Br)cnc1N(C)c1ccccc1C(=N)N. The Morgan fingerprint density at radius 3 is 2.68 bits per heavy atom.